The number of ether oxygens (including phenoxy) is 1. The number of aromatic nitrogens is 1. The van der Waals surface area contributed by atoms with Crippen LogP contribution in [-0.4, -0.2) is 73.9 Å². The van der Waals surface area contributed by atoms with Gasteiger partial charge in [0.1, 0.15) is 5.52 Å². The van der Waals surface area contributed by atoms with Crippen LogP contribution >= 0.6 is 0 Å². The van der Waals surface area contributed by atoms with Crippen LogP contribution in [-0.2, 0) is 19.6 Å². The van der Waals surface area contributed by atoms with Crippen LogP contribution in [0.1, 0.15) is 31.6 Å². The lowest BCUT2D eigenvalue weighted by Crippen LogP contribution is -2.45. The van der Waals surface area contributed by atoms with E-state index in [0.717, 1.165) is 42.9 Å². The average molecular weight is 499 g/mol. The summed E-state index contributed by atoms with van der Waals surface area (Å²) in [5.41, 5.74) is 2.14. The SMILES string of the molecule is CC(C(=O)Nc1cccc(S(=O)(=O)N2CCOCC2)c1)N1CCC(c2nc3ccccc3o2)CC1. The first-order chi connectivity index (χ1) is 16.9. The lowest BCUT2D eigenvalue weighted by molar-refractivity contribution is -0.121. The molecule has 3 aromatic rings. The normalized spacial score (nSPS) is 19.6. The number of hydrogen-bond donors (Lipinski definition) is 1. The second kappa shape index (κ2) is 10.1. The van der Waals surface area contributed by atoms with E-state index in [9.17, 15) is 13.2 Å². The molecule has 1 atom stereocenters. The van der Waals surface area contributed by atoms with Crippen molar-refractivity contribution in [2.24, 2.45) is 0 Å². The molecule has 2 saturated heterocycles. The van der Waals surface area contributed by atoms with E-state index in [1.807, 2.05) is 31.2 Å². The van der Waals surface area contributed by atoms with Crippen molar-refractivity contribution in [1.82, 2.24) is 14.2 Å². The van der Waals surface area contributed by atoms with Gasteiger partial charge in [-0.1, -0.05) is 18.2 Å². The van der Waals surface area contributed by atoms with Crippen LogP contribution in [0.2, 0.25) is 0 Å². The molecule has 2 aliphatic heterocycles. The minimum absolute atomic E-state index is 0.161. The average Bonchev–Trinajstić information content (AvgIpc) is 3.33. The molecule has 0 saturated carbocycles. The highest BCUT2D eigenvalue weighted by atomic mass is 32.2. The number of amides is 1. The third-order valence-electron chi connectivity index (χ3n) is 6.83. The van der Waals surface area contributed by atoms with E-state index in [1.54, 1.807) is 18.2 Å². The van der Waals surface area contributed by atoms with Crippen molar-refractivity contribution < 1.29 is 22.4 Å². The van der Waals surface area contributed by atoms with Gasteiger partial charge in [-0.2, -0.15) is 4.31 Å². The van der Waals surface area contributed by atoms with E-state index in [-0.39, 0.29) is 22.8 Å². The monoisotopic (exact) mass is 498 g/mol. The largest absolute Gasteiger partial charge is 0.440 e. The van der Waals surface area contributed by atoms with Crippen molar-refractivity contribution in [3.05, 3.63) is 54.4 Å². The van der Waals surface area contributed by atoms with Gasteiger partial charge < -0.3 is 14.5 Å². The molecule has 1 amide bonds. The molecule has 10 heteroatoms. The van der Waals surface area contributed by atoms with Crippen molar-refractivity contribution in [1.29, 1.82) is 0 Å². The number of benzene rings is 2. The van der Waals surface area contributed by atoms with E-state index >= 15 is 0 Å². The van der Waals surface area contributed by atoms with Crippen molar-refractivity contribution in [3.63, 3.8) is 0 Å². The Morgan fingerprint density at radius 2 is 1.80 bits per heavy atom. The molecular weight excluding hydrogens is 468 g/mol. The van der Waals surface area contributed by atoms with E-state index in [1.165, 1.54) is 10.4 Å². The molecule has 0 spiro atoms. The Bertz CT molecular complexity index is 1260. The Hall–Kier alpha value is -2.79. The summed E-state index contributed by atoms with van der Waals surface area (Å²) >= 11 is 0. The Kier molecular flexibility index (Phi) is 6.88. The van der Waals surface area contributed by atoms with Crippen LogP contribution in [0, 0.1) is 0 Å². The summed E-state index contributed by atoms with van der Waals surface area (Å²) in [5.74, 6) is 0.837. The predicted molar refractivity (Wildman–Crippen MR) is 132 cm³/mol. The molecule has 1 unspecified atom stereocenters. The van der Waals surface area contributed by atoms with Crippen LogP contribution in [0.4, 0.5) is 5.69 Å². The fourth-order valence-electron chi connectivity index (χ4n) is 4.68. The van der Waals surface area contributed by atoms with E-state index < -0.39 is 10.0 Å². The Morgan fingerprint density at radius 1 is 1.06 bits per heavy atom. The molecule has 2 aliphatic rings. The van der Waals surface area contributed by atoms with Gasteiger partial charge in [0.25, 0.3) is 0 Å². The molecule has 5 rings (SSSR count). The summed E-state index contributed by atoms with van der Waals surface area (Å²) < 4.78 is 38.5. The number of rotatable bonds is 6. The van der Waals surface area contributed by atoms with E-state index in [4.69, 9.17) is 9.15 Å². The van der Waals surface area contributed by atoms with Crippen molar-refractivity contribution in [2.45, 2.75) is 36.6 Å². The lowest BCUT2D eigenvalue weighted by atomic mass is 9.95. The number of oxazole rings is 1. The van der Waals surface area contributed by atoms with Crippen LogP contribution in [0.5, 0.6) is 0 Å². The van der Waals surface area contributed by atoms with Gasteiger partial charge in [-0.15, -0.1) is 0 Å². The molecule has 186 valence electrons. The number of carbonyl (C=O) groups is 1. The van der Waals surface area contributed by atoms with Crippen LogP contribution in [0.25, 0.3) is 11.1 Å². The summed E-state index contributed by atoms with van der Waals surface area (Å²) in [7, 11) is -3.63. The number of piperidine rings is 1. The summed E-state index contributed by atoms with van der Waals surface area (Å²) in [6.07, 6.45) is 1.72. The molecule has 0 aliphatic carbocycles. The Morgan fingerprint density at radius 3 is 2.54 bits per heavy atom. The van der Waals surface area contributed by atoms with Gasteiger partial charge in [0.15, 0.2) is 11.5 Å². The summed E-state index contributed by atoms with van der Waals surface area (Å²) in [6, 6.07) is 13.9. The molecular formula is C25H30N4O5S. The fourth-order valence-corrected chi connectivity index (χ4v) is 6.14. The van der Waals surface area contributed by atoms with Crippen LogP contribution in [0.3, 0.4) is 0 Å². The highest BCUT2D eigenvalue weighted by Crippen LogP contribution is 2.30. The molecule has 1 aromatic heterocycles. The predicted octanol–water partition coefficient (Wildman–Crippen LogP) is 3.06. The zero-order chi connectivity index (χ0) is 24.4. The van der Waals surface area contributed by atoms with Gasteiger partial charge in [0.05, 0.1) is 24.2 Å². The quantitative estimate of drug-likeness (QED) is 0.557. The van der Waals surface area contributed by atoms with Gasteiger partial charge in [0, 0.05) is 24.7 Å². The number of sulfonamides is 1. The minimum atomic E-state index is -3.63. The smallest absolute Gasteiger partial charge is 0.243 e. The van der Waals surface area contributed by atoms with Crippen LogP contribution < -0.4 is 5.32 Å². The van der Waals surface area contributed by atoms with Gasteiger partial charge in [-0.25, -0.2) is 13.4 Å². The number of anilines is 1. The lowest BCUT2D eigenvalue weighted by Gasteiger charge is -2.34. The number of morpholine rings is 1. The number of para-hydroxylation sites is 2. The van der Waals surface area contributed by atoms with Gasteiger partial charge in [0.2, 0.25) is 15.9 Å². The number of likely N-dealkylation sites (tertiary alicyclic amines) is 1. The second-order valence-electron chi connectivity index (χ2n) is 9.04. The highest BCUT2D eigenvalue weighted by molar-refractivity contribution is 7.89. The van der Waals surface area contributed by atoms with Crippen LogP contribution in [0.15, 0.2) is 57.8 Å². The Labute approximate surface area is 205 Å². The molecule has 2 fully saturated rings. The number of nitrogens with zero attached hydrogens (tertiary/aromatic N) is 3. The zero-order valence-electron chi connectivity index (χ0n) is 19.7. The first kappa shape index (κ1) is 23.9. The number of nitrogens with one attached hydrogen (secondary N) is 1. The number of carbonyl (C=O) groups excluding carboxylic acids is 1. The third-order valence-corrected chi connectivity index (χ3v) is 8.72. The Balaban J connectivity index is 1.19. The molecule has 0 bridgehead atoms. The van der Waals surface area contributed by atoms with Gasteiger partial charge in [-0.3, -0.25) is 9.69 Å². The van der Waals surface area contributed by atoms with Gasteiger partial charge >= 0.3 is 0 Å². The van der Waals surface area contributed by atoms with Crippen molar-refractivity contribution >= 4 is 32.7 Å². The maximum Gasteiger partial charge on any atom is 0.243 e. The fraction of sp³-hybridized carbons (Fsp3) is 0.440. The minimum Gasteiger partial charge on any atom is -0.440 e. The third kappa shape index (κ3) is 5.11. The number of hydrogen-bond acceptors (Lipinski definition) is 7. The van der Waals surface area contributed by atoms with Gasteiger partial charge in [-0.05, 0) is 63.2 Å². The summed E-state index contributed by atoms with van der Waals surface area (Å²) in [4.78, 5) is 19.9. The van der Waals surface area contributed by atoms with E-state index in [0.29, 0.717) is 32.0 Å². The first-order valence-corrected chi connectivity index (χ1v) is 13.4. The molecule has 3 heterocycles. The zero-order valence-corrected chi connectivity index (χ0v) is 20.5. The van der Waals surface area contributed by atoms with Crippen molar-refractivity contribution in [3.8, 4) is 0 Å². The summed E-state index contributed by atoms with van der Waals surface area (Å²) in [5, 5.41) is 2.90. The molecule has 35 heavy (non-hydrogen) atoms. The maximum atomic E-state index is 13.0. The standard InChI is InChI=1S/C25H30N4O5S/c1-18(28-11-9-19(10-12-28)25-27-22-7-2-3-8-23(22)34-25)24(30)26-20-5-4-6-21(17-20)35(31,32)29-13-15-33-16-14-29/h2-8,17-19H,9-16H2,1H3,(H,26,30). The molecule has 2 aromatic carbocycles. The van der Waals surface area contributed by atoms with E-state index in [2.05, 4.69) is 15.2 Å². The van der Waals surface area contributed by atoms with Crippen molar-refractivity contribution in [2.75, 3.05) is 44.7 Å². The maximum absolute atomic E-state index is 13.0. The second-order valence-corrected chi connectivity index (χ2v) is 11.0. The molecule has 1 N–H and O–H groups in total. The molecule has 0 radical (unpaired) electrons. The summed E-state index contributed by atoms with van der Waals surface area (Å²) in [6.45, 7) is 4.81. The topological polar surface area (TPSA) is 105 Å². The highest BCUT2D eigenvalue weighted by Gasteiger charge is 2.30. The number of fused-ring (bicyclic) bond motifs is 1. The first-order valence-electron chi connectivity index (χ1n) is 12.0. The molecule has 9 nitrogen and oxygen atoms in total.